The van der Waals surface area contributed by atoms with Crippen LogP contribution in [0.3, 0.4) is 0 Å². The van der Waals surface area contributed by atoms with Crippen LogP contribution in [0, 0.1) is 0 Å². The van der Waals surface area contributed by atoms with E-state index in [0.29, 0.717) is 0 Å². The summed E-state index contributed by atoms with van der Waals surface area (Å²) >= 11 is 1.90. The molecule has 0 aromatic heterocycles. The second kappa shape index (κ2) is 11.1. The number of fused-ring (bicyclic) bond motifs is 6. The molecule has 8 aromatic carbocycles. The van der Waals surface area contributed by atoms with Crippen molar-refractivity contribution in [2.75, 3.05) is 10.2 Å². The molecule has 0 amide bonds. The number of hydrogen-bond donors (Lipinski definition) is 1. The molecular weight excluding hydrogens is 577 g/mol. The molecule has 1 N–H and O–H groups in total. The highest BCUT2D eigenvalue weighted by Gasteiger charge is 2.25. The number of nitrogens with zero attached hydrogens (tertiary/aromatic N) is 1. The molecule has 46 heavy (non-hydrogen) atoms. The minimum atomic E-state index is 0.222. The van der Waals surface area contributed by atoms with Crippen LogP contribution in [0.25, 0.3) is 43.4 Å². The maximum Gasteiger partial charge on any atom is 0.103 e. The Hall–Kier alpha value is -5.51. The van der Waals surface area contributed by atoms with Crippen molar-refractivity contribution in [3.63, 3.8) is 0 Å². The van der Waals surface area contributed by atoms with Crippen LogP contribution in [0.2, 0.25) is 0 Å². The van der Waals surface area contributed by atoms with Crippen molar-refractivity contribution < 1.29 is 0 Å². The van der Waals surface area contributed by atoms with Gasteiger partial charge in [0.05, 0.1) is 5.69 Å². The molecule has 1 unspecified atom stereocenters. The third-order valence-corrected chi connectivity index (χ3v) is 10.3. The lowest BCUT2D eigenvalue weighted by atomic mass is 9.96. The van der Waals surface area contributed by atoms with Gasteiger partial charge >= 0.3 is 0 Å². The van der Waals surface area contributed by atoms with Crippen molar-refractivity contribution in [3.05, 3.63) is 175 Å². The molecule has 1 aliphatic rings. The third-order valence-electron chi connectivity index (χ3n) is 9.05. The molecule has 0 aliphatic carbocycles. The van der Waals surface area contributed by atoms with E-state index in [0.717, 1.165) is 17.1 Å². The summed E-state index contributed by atoms with van der Waals surface area (Å²) in [6.07, 6.45) is 0. The molecule has 3 heteroatoms. The standard InChI is InChI=1S/C43H30N2S/c1-3-10-32(11-4-1)43-44-42-40(46-43)26-21-31-15-16-35-27-34(20-25-39(35)41(31)42)30-17-22-37(23-18-30)45(36-13-5-2-6-14-36)38-24-19-29-9-7-8-12-33(29)28-38/h1-28,43-44H. The van der Waals surface area contributed by atoms with E-state index in [-0.39, 0.29) is 5.37 Å². The number of rotatable bonds is 5. The number of thioether (sulfide) groups is 1. The minimum Gasteiger partial charge on any atom is -0.368 e. The highest BCUT2D eigenvalue weighted by atomic mass is 32.2. The van der Waals surface area contributed by atoms with E-state index >= 15 is 0 Å². The van der Waals surface area contributed by atoms with E-state index in [4.69, 9.17) is 0 Å². The first-order chi connectivity index (χ1) is 22.8. The van der Waals surface area contributed by atoms with E-state index in [1.807, 2.05) is 11.8 Å². The van der Waals surface area contributed by atoms with Crippen molar-refractivity contribution in [1.82, 2.24) is 0 Å². The zero-order valence-corrected chi connectivity index (χ0v) is 25.9. The van der Waals surface area contributed by atoms with Gasteiger partial charge in [-0.1, -0.05) is 133 Å². The van der Waals surface area contributed by atoms with E-state index in [9.17, 15) is 0 Å². The molecule has 0 saturated heterocycles. The minimum absolute atomic E-state index is 0.222. The van der Waals surface area contributed by atoms with Crippen LogP contribution in [-0.4, -0.2) is 0 Å². The fourth-order valence-corrected chi connectivity index (χ4v) is 7.92. The summed E-state index contributed by atoms with van der Waals surface area (Å²) in [4.78, 5) is 3.64. The monoisotopic (exact) mass is 606 g/mol. The fraction of sp³-hybridized carbons (Fsp3) is 0.0233. The first-order valence-electron chi connectivity index (χ1n) is 15.7. The number of para-hydroxylation sites is 1. The van der Waals surface area contributed by atoms with Gasteiger partial charge in [-0.15, -0.1) is 0 Å². The number of anilines is 4. The Morgan fingerprint density at radius 2 is 1.09 bits per heavy atom. The molecule has 8 aromatic rings. The highest BCUT2D eigenvalue weighted by molar-refractivity contribution is 8.00. The first-order valence-corrected chi connectivity index (χ1v) is 16.6. The van der Waals surface area contributed by atoms with E-state index in [1.54, 1.807) is 0 Å². The van der Waals surface area contributed by atoms with Crippen LogP contribution < -0.4 is 10.2 Å². The Balaban J connectivity index is 1.08. The Morgan fingerprint density at radius 1 is 0.457 bits per heavy atom. The second-order valence-electron chi connectivity index (χ2n) is 11.8. The maximum absolute atomic E-state index is 3.84. The number of hydrogen-bond acceptors (Lipinski definition) is 3. The van der Waals surface area contributed by atoms with Gasteiger partial charge in [-0.25, -0.2) is 0 Å². The highest BCUT2D eigenvalue weighted by Crippen LogP contribution is 2.50. The smallest absolute Gasteiger partial charge is 0.103 e. The van der Waals surface area contributed by atoms with Crippen molar-refractivity contribution in [2.24, 2.45) is 0 Å². The summed E-state index contributed by atoms with van der Waals surface area (Å²) in [5, 5.41) is 11.6. The van der Waals surface area contributed by atoms with Crippen molar-refractivity contribution in [3.8, 4) is 11.1 Å². The van der Waals surface area contributed by atoms with Crippen LogP contribution in [0.4, 0.5) is 22.7 Å². The summed E-state index contributed by atoms with van der Waals surface area (Å²) in [5.41, 5.74) is 8.37. The Labute approximate surface area is 272 Å². The molecule has 0 radical (unpaired) electrons. The Morgan fingerprint density at radius 3 is 1.91 bits per heavy atom. The van der Waals surface area contributed by atoms with Crippen LogP contribution in [0.1, 0.15) is 10.9 Å². The maximum atomic E-state index is 3.84. The van der Waals surface area contributed by atoms with Gasteiger partial charge in [0, 0.05) is 27.3 Å². The first kappa shape index (κ1) is 26.9. The van der Waals surface area contributed by atoms with Gasteiger partial charge in [-0.05, 0) is 92.2 Å². The fourth-order valence-electron chi connectivity index (χ4n) is 6.77. The lowest BCUT2D eigenvalue weighted by Crippen LogP contribution is -2.09. The second-order valence-corrected chi connectivity index (χ2v) is 13.0. The van der Waals surface area contributed by atoms with E-state index in [1.165, 1.54) is 59.6 Å². The zero-order chi connectivity index (χ0) is 30.5. The lowest BCUT2D eigenvalue weighted by Gasteiger charge is -2.26. The van der Waals surface area contributed by atoms with Crippen LogP contribution >= 0.6 is 11.8 Å². The van der Waals surface area contributed by atoms with Gasteiger partial charge in [0.2, 0.25) is 0 Å². The Bertz CT molecular complexity index is 2370. The summed E-state index contributed by atoms with van der Waals surface area (Å²) in [5.74, 6) is 0. The third kappa shape index (κ3) is 4.68. The van der Waals surface area contributed by atoms with Crippen molar-refractivity contribution in [2.45, 2.75) is 10.3 Å². The zero-order valence-electron chi connectivity index (χ0n) is 25.1. The van der Waals surface area contributed by atoms with Crippen LogP contribution in [0.15, 0.2) is 175 Å². The van der Waals surface area contributed by atoms with E-state index < -0.39 is 0 Å². The van der Waals surface area contributed by atoms with Gasteiger partial charge in [0.15, 0.2) is 0 Å². The van der Waals surface area contributed by atoms with Crippen molar-refractivity contribution >= 4 is 66.8 Å². The quantitative estimate of drug-likeness (QED) is 0.196. The van der Waals surface area contributed by atoms with Gasteiger partial charge < -0.3 is 10.2 Å². The molecule has 9 rings (SSSR count). The SMILES string of the molecule is c1ccc(C2Nc3c(ccc4ccc5cc(-c6ccc(N(c7ccccc7)c7ccc8ccccc8c7)cc6)ccc5c34)S2)cc1. The topological polar surface area (TPSA) is 15.3 Å². The Kier molecular flexibility index (Phi) is 6.50. The van der Waals surface area contributed by atoms with Gasteiger partial charge in [0.1, 0.15) is 5.37 Å². The lowest BCUT2D eigenvalue weighted by molar-refractivity contribution is 1.14. The number of benzene rings is 8. The molecule has 0 bridgehead atoms. The summed E-state index contributed by atoms with van der Waals surface area (Å²) in [6.45, 7) is 0. The van der Waals surface area contributed by atoms with Crippen LogP contribution in [-0.2, 0) is 0 Å². The average Bonchev–Trinajstić information content (AvgIpc) is 3.57. The molecule has 218 valence electrons. The summed E-state index contributed by atoms with van der Waals surface area (Å²) in [7, 11) is 0. The summed E-state index contributed by atoms with van der Waals surface area (Å²) in [6, 6.07) is 61.5. The predicted molar refractivity (Wildman–Crippen MR) is 198 cm³/mol. The number of nitrogens with one attached hydrogen (secondary N) is 1. The molecule has 0 spiro atoms. The molecular formula is C43H30N2S. The van der Waals surface area contributed by atoms with E-state index in [2.05, 4.69) is 180 Å². The van der Waals surface area contributed by atoms with Crippen molar-refractivity contribution in [1.29, 1.82) is 0 Å². The van der Waals surface area contributed by atoms with Gasteiger partial charge in [-0.3, -0.25) is 0 Å². The van der Waals surface area contributed by atoms with Gasteiger partial charge in [0.25, 0.3) is 0 Å². The summed E-state index contributed by atoms with van der Waals surface area (Å²) < 4.78 is 0. The molecule has 1 aliphatic heterocycles. The molecule has 0 fully saturated rings. The normalized spacial score (nSPS) is 14.0. The largest absolute Gasteiger partial charge is 0.368 e. The molecule has 1 atom stereocenters. The van der Waals surface area contributed by atoms with Gasteiger partial charge in [-0.2, -0.15) is 0 Å². The molecule has 0 saturated carbocycles. The predicted octanol–water partition coefficient (Wildman–Crippen LogP) is 12.5. The molecule has 1 heterocycles. The average molecular weight is 607 g/mol. The van der Waals surface area contributed by atoms with Crippen LogP contribution in [0.5, 0.6) is 0 Å². The molecule has 2 nitrogen and oxygen atoms in total.